The number of aromatic nitrogens is 3. The van der Waals surface area contributed by atoms with E-state index >= 15 is 0 Å². The predicted molar refractivity (Wildman–Crippen MR) is 118 cm³/mol. The van der Waals surface area contributed by atoms with Gasteiger partial charge in [-0.3, -0.25) is 24.6 Å². The minimum atomic E-state index is -0.0994. The topological polar surface area (TPSA) is 71.0 Å². The van der Waals surface area contributed by atoms with Crippen LogP contribution in [0.2, 0.25) is 0 Å². The van der Waals surface area contributed by atoms with E-state index in [2.05, 4.69) is 20.3 Å². The van der Waals surface area contributed by atoms with Crippen LogP contribution < -0.4 is 5.32 Å². The van der Waals surface area contributed by atoms with E-state index in [4.69, 9.17) is 0 Å². The van der Waals surface area contributed by atoms with Crippen molar-refractivity contribution in [2.75, 3.05) is 11.9 Å². The van der Waals surface area contributed by atoms with Crippen LogP contribution in [0.5, 0.6) is 0 Å². The molecular formula is C24H23N5O. The second kappa shape index (κ2) is 9.24. The van der Waals surface area contributed by atoms with E-state index in [-0.39, 0.29) is 12.5 Å². The fraction of sp³-hybridized carbons (Fsp3) is 0.167. The molecule has 0 saturated heterocycles. The average Bonchev–Trinajstić information content (AvgIpc) is 2.75. The second-order valence-corrected chi connectivity index (χ2v) is 7.17. The minimum Gasteiger partial charge on any atom is -0.323 e. The normalized spacial score (nSPS) is 11.0. The third kappa shape index (κ3) is 5.04. The third-order valence-corrected chi connectivity index (χ3v) is 4.72. The van der Waals surface area contributed by atoms with Gasteiger partial charge in [-0.1, -0.05) is 30.3 Å². The van der Waals surface area contributed by atoms with Crippen LogP contribution >= 0.6 is 0 Å². The van der Waals surface area contributed by atoms with Crippen molar-refractivity contribution < 1.29 is 4.79 Å². The zero-order valence-electron chi connectivity index (χ0n) is 16.8. The van der Waals surface area contributed by atoms with E-state index in [0.717, 1.165) is 33.7 Å². The largest absolute Gasteiger partial charge is 0.323 e. The summed E-state index contributed by atoms with van der Waals surface area (Å²) >= 11 is 0. The predicted octanol–water partition coefficient (Wildman–Crippen LogP) is 3.97. The summed E-state index contributed by atoms with van der Waals surface area (Å²) in [6.07, 6.45) is 3.52. The van der Waals surface area contributed by atoms with Crippen LogP contribution in [0, 0.1) is 6.92 Å². The number of hydrogen-bond donors (Lipinski definition) is 1. The standard InChI is InChI=1S/C24H23N5O/c1-18-11-12-19-7-6-10-22(24(19)27-18)28-23(30)17-29(15-20-8-2-4-13-25-20)16-21-9-3-5-14-26-21/h2-14H,15-17H2,1H3,(H,28,30). The third-order valence-electron chi connectivity index (χ3n) is 4.72. The van der Waals surface area contributed by atoms with Gasteiger partial charge in [-0.2, -0.15) is 0 Å². The molecule has 0 fully saturated rings. The molecule has 0 atom stereocenters. The average molecular weight is 397 g/mol. The van der Waals surface area contributed by atoms with Gasteiger partial charge in [-0.25, -0.2) is 0 Å². The number of para-hydroxylation sites is 1. The van der Waals surface area contributed by atoms with Gasteiger partial charge in [0.15, 0.2) is 0 Å². The summed E-state index contributed by atoms with van der Waals surface area (Å²) in [6, 6.07) is 21.4. The monoisotopic (exact) mass is 397 g/mol. The first-order valence-electron chi connectivity index (χ1n) is 9.86. The molecule has 0 aliphatic heterocycles. The first-order chi connectivity index (χ1) is 14.7. The van der Waals surface area contributed by atoms with E-state index in [1.807, 2.05) is 78.6 Å². The van der Waals surface area contributed by atoms with E-state index in [0.29, 0.717) is 13.1 Å². The first kappa shape index (κ1) is 19.7. The van der Waals surface area contributed by atoms with Gasteiger partial charge in [-0.05, 0) is 43.3 Å². The van der Waals surface area contributed by atoms with Gasteiger partial charge < -0.3 is 5.32 Å². The molecule has 0 aliphatic carbocycles. The molecule has 4 aromatic rings. The summed E-state index contributed by atoms with van der Waals surface area (Å²) in [4.78, 5) is 28.3. The molecule has 4 rings (SSSR count). The Kier molecular flexibility index (Phi) is 6.06. The Morgan fingerprint density at radius 1 is 0.867 bits per heavy atom. The molecule has 6 heteroatoms. The Labute approximate surface area is 175 Å². The highest BCUT2D eigenvalue weighted by molar-refractivity contribution is 6.01. The fourth-order valence-corrected chi connectivity index (χ4v) is 3.35. The highest BCUT2D eigenvalue weighted by Crippen LogP contribution is 2.21. The van der Waals surface area contributed by atoms with Crippen molar-refractivity contribution in [2.45, 2.75) is 20.0 Å². The van der Waals surface area contributed by atoms with Crippen LogP contribution in [0.1, 0.15) is 17.1 Å². The van der Waals surface area contributed by atoms with Gasteiger partial charge in [0.05, 0.1) is 29.1 Å². The van der Waals surface area contributed by atoms with Gasteiger partial charge in [0.2, 0.25) is 5.91 Å². The lowest BCUT2D eigenvalue weighted by atomic mass is 10.1. The van der Waals surface area contributed by atoms with Crippen LogP contribution in [0.25, 0.3) is 10.9 Å². The highest BCUT2D eigenvalue weighted by atomic mass is 16.2. The van der Waals surface area contributed by atoms with E-state index in [9.17, 15) is 4.79 Å². The fourth-order valence-electron chi connectivity index (χ4n) is 3.35. The minimum absolute atomic E-state index is 0.0994. The van der Waals surface area contributed by atoms with Crippen molar-refractivity contribution in [1.82, 2.24) is 19.9 Å². The molecule has 150 valence electrons. The molecule has 1 amide bonds. The summed E-state index contributed by atoms with van der Waals surface area (Å²) in [7, 11) is 0. The van der Waals surface area contributed by atoms with Gasteiger partial charge in [0, 0.05) is 36.6 Å². The molecule has 0 aliphatic rings. The molecule has 0 saturated carbocycles. The number of rotatable bonds is 7. The maximum Gasteiger partial charge on any atom is 0.238 e. The molecule has 1 aromatic carbocycles. The SMILES string of the molecule is Cc1ccc2cccc(NC(=O)CN(Cc3ccccn3)Cc3ccccn3)c2n1. The van der Waals surface area contributed by atoms with Crippen molar-refractivity contribution in [1.29, 1.82) is 0 Å². The summed E-state index contributed by atoms with van der Waals surface area (Å²) in [5.74, 6) is -0.0994. The van der Waals surface area contributed by atoms with Crippen molar-refractivity contribution in [2.24, 2.45) is 0 Å². The second-order valence-electron chi connectivity index (χ2n) is 7.17. The first-order valence-corrected chi connectivity index (χ1v) is 9.86. The van der Waals surface area contributed by atoms with Crippen molar-refractivity contribution in [3.63, 3.8) is 0 Å². The van der Waals surface area contributed by atoms with Crippen LogP contribution in [0.15, 0.2) is 79.1 Å². The van der Waals surface area contributed by atoms with E-state index < -0.39 is 0 Å². The number of carbonyl (C=O) groups is 1. The number of nitrogens with one attached hydrogen (secondary N) is 1. The van der Waals surface area contributed by atoms with Crippen LogP contribution in [-0.2, 0) is 17.9 Å². The highest BCUT2D eigenvalue weighted by Gasteiger charge is 2.15. The van der Waals surface area contributed by atoms with Crippen LogP contribution in [0.4, 0.5) is 5.69 Å². The molecule has 0 unspecified atom stereocenters. The number of benzene rings is 1. The molecule has 0 bridgehead atoms. The molecule has 3 heterocycles. The number of nitrogens with zero attached hydrogens (tertiary/aromatic N) is 4. The van der Waals surface area contributed by atoms with Crippen molar-refractivity contribution in [3.8, 4) is 0 Å². The van der Waals surface area contributed by atoms with Crippen molar-refractivity contribution in [3.05, 3.63) is 96.2 Å². The molecule has 30 heavy (non-hydrogen) atoms. The van der Waals surface area contributed by atoms with Crippen molar-refractivity contribution >= 4 is 22.5 Å². The lowest BCUT2D eigenvalue weighted by molar-refractivity contribution is -0.117. The van der Waals surface area contributed by atoms with Gasteiger partial charge in [0.1, 0.15) is 0 Å². The summed E-state index contributed by atoms with van der Waals surface area (Å²) in [5.41, 5.74) is 4.24. The van der Waals surface area contributed by atoms with Gasteiger partial charge in [-0.15, -0.1) is 0 Å². The number of hydrogen-bond acceptors (Lipinski definition) is 5. The van der Waals surface area contributed by atoms with Crippen LogP contribution in [-0.4, -0.2) is 32.3 Å². The van der Waals surface area contributed by atoms with Crippen LogP contribution in [0.3, 0.4) is 0 Å². The molecule has 0 spiro atoms. The lowest BCUT2D eigenvalue weighted by Crippen LogP contribution is -2.33. The Bertz CT molecular complexity index is 1090. The van der Waals surface area contributed by atoms with Gasteiger partial charge in [0.25, 0.3) is 0 Å². The maximum absolute atomic E-state index is 12.9. The number of pyridine rings is 3. The Morgan fingerprint density at radius 3 is 2.20 bits per heavy atom. The summed E-state index contributed by atoms with van der Waals surface area (Å²) in [6.45, 7) is 3.27. The zero-order chi connectivity index (χ0) is 20.8. The van der Waals surface area contributed by atoms with Gasteiger partial charge >= 0.3 is 0 Å². The van der Waals surface area contributed by atoms with E-state index in [1.165, 1.54) is 0 Å². The maximum atomic E-state index is 12.9. The Morgan fingerprint density at radius 2 is 1.57 bits per heavy atom. The number of amides is 1. The summed E-state index contributed by atoms with van der Waals surface area (Å²) in [5, 5.41) is 4.03. The molecule has 0 radical (unpaired) electrons. The number of carbonyl (C=O) groups excluding carboxylic acids is 1. The molecular weight excluding hydrogens is 374 g/mol. The molecule has 6 nitrogen and oxygen atoms in total. The smallest absolute Gasteiger partial charge is 0.238 e. The number of aryl methyl sites for hydroxylation is 1. The lowest BCUT2D eigenvalue weighted by Gasteiger charge is -2.21. The zero-order valence-corrected chi connectivity index (χ0v) is 16.8. The molecule has 3 aromatic heterocycles. The summed E-state index contributed by atoms with van der Waals surface area (Å²) < 4.78 is 0. The Hall–Kier alpha value is -3.64. The molecule has 1 N–H and O–H groups in total. The number of anilines is 1. The number of fused-ring (bicyclic) bond motifs is 1. The Balaban J connectivity index is 1.52. The van der Waals surface area contributed by atoms with E-state index in [1.54, 1.807) is 12.4 Å². The quantitative estimate of drug-likeness (QED) is 0.511.